The van der Waals surface area contributed by atoms with E-state index in [-0.39, 0.29) is 23.6 Å². The molecule has 0 unspecified atom stereocenters. The van der Waals surface area contributed by atoms with Crippen molar-refractivity contribution in [1.82, 2.24) is 15.5 Å². The lowest BCUT2D eigenvalue weighted by atomic mass is 10.1. The summed E-state index contributed by atoms with van der Waals surface area (Å²) in [6.45, 7) is 8.00. The van der Waals surface area contributed by atoms with E-state index in [1.165, 1.54) is 0 Å². The molecule has 170 valence electrons. The Morgan fingerprint density at radius 1 is 0.844 bits per heavy atom. The van der Waals surface area contributed by atoms with Gasteiger partial charge in [-0.3, -0.25) is 14.4 Å². The number of anilines is 1. The van der Waals surface area contributed by atoms with Crippen LogP contribution in [-0.4, -0.2) is 48.8 Å². The molecular formula is C25H32N4O3. The van der Waals surface area contributed by atoms with E-state index in [0.29, 0.717) is 29.9 Å². The number of carbonyl (C=O) groups excluding carboxylic acids is 3. The van der Waals surface area contributed by atoms with Crippen molar-refractivity contribution in [3.05, 3.63) is 65.2 Å². The molecule has 32 heavy (non-hydrogen) atoms. The number of nitrogens with zero attached hydrogens (tertiary/aromatic N) is 1. The summed E-state index contributed by atoms with van der Waals surface area (Å²) in [6.07, 6.45) is 1.96. The van der Waals surface area contributed by atoms with Crippen LogP contribution in [0.15, 0.2) is 48.5 Å². The van der Waals surface area contributed by atoms with Gasteiger partial charge in [0, 0.05) is 42.4 Å². The van der Waals surface area contributed by atoms with E-state index in [1.54, 1.807) is 36.4 Å². The second-order valence-corrected chi connectivity index (χ2v) is 8.00. The minimum Gasteiger partial charge on any atom is -0.352 e. The molecule has 0 aliphatic heterocycles. The molecular weight excluding hydrogens is 404 g/mol. The van der Waals surface area contributed by atoms with Crippen LogP contribution >= 0.6 is 0 Å². The van der Waals surface area contributed by atoms with Gasteiger partial charge in [-0.1, -0.05) is 26.0 Å². The first-order valence-corrected chi connectivity index (χ1v) is 11.3. The van der Waals surface area contributed by atoms with Crippen molar-refractivity contribution in [2.75, 3.05) is 31.5 Å². The predicted octanol–water partition coefficient (Wildman–Crippen LogP) is 3.04. The molecule has 1 fully saturated rings. The molecule has 7 nitrogen and oxygen atoms in total. The molecule has 3 amide bonds. The smallest absolute Gasteiger partial charge is 0.255 e. The second kappa shape index (κ2) is 11.4. The third-order valence-electron chi connectivity index (χ3n) is 5.64. The fourth-order valence-corrected chi connectivity index (χ4v) is 3.33. The van der Waals surface area contributed by atoms with E-state index >= 15 is 0 Å². The first-order valence-electron chi connectivity index (χ1n) is 11.3. The van der Waals surface area contributed by atoms with Gasteiger partial charge in [-0.2, -0.15) is 0 Å². The Balaban J connectivity index is 1.46. The van der Waals surface area contributed by atoms with Crippen molar-refractivity contribution in [2.24, 2.45) is 5.92 Å². The summed E-state index contributed by atoms with van der Waals surface area (Å²) < 4.78 is 0. The Kier molecular flexibility index (Phi) is 8.39. The van der Waals surface area contributed by atoms with Crippen molar-refractivity contribution in [1.29, 1.82) is 0 Å². The van der Waals surface area contributed by atoms with Crippen LogP contribution in [0.1, 0.15) is 53.0 Å². The molecule has 1 aliphatic carbocycles. The number of carbonyl (C=O) groups is 3. The van der Waals surface area contributed by atoms with Gasteiger partial charge in [-0.25, -0.2) is 0 Å². The molecule has 3 rings (SSSR count). The zero-order valence-electron chi connectivity index (χ0n) is 18.8. The van der Waals surface area contributed by atoms with Crippen LogP contribution in [0.2, 0.25) is 0 Å². The monoisotopic (exact) mass is 436 g/mol. The lowest BCUT2D eigenvalue weighted by molar-refractivity contribution is -0.122. The molecule has 2 aromatic carbocycles. The number of amides is 3. The van der Waals surface area contributed by atoms with Gasteiger partial charge >= 0.3 is 0 Å². The van der Waals surface area contributed by atoms with Gasteiger partial charge in [-0.05, 0) is 67.9 Å². The Labute approximate surface area is 189 Å². The van der Waals surface area contributed by atoms with Crippen LogP contribution < -0.4 is 16.0 Å². The maximum Gasteiger partial charge on any atom is 0.255 e. The van der Waals surface area contributed by atoms with E-state index < -0.39 is 0 Å². The van der Waals surface area contributed by atoms with E-state index in [1.807, 2.05) is 12.1 Å². The lowest BCUT2D eigenvalue weighted by Gasteiger charge is -2.18. The number of benzene rings is 2. The minimum absolute atomic E-state index is 0.104. The number of rotatable bonds is 11. The highest BCUT2D eigenvalue weighted by molar-refractivity contribution is 6.04. The van der Waals surface area contributed by atoms with Crippen molar-refractivity contribution in [3.8, 4) is 0 Å². The van der Waals surface area contributed by atoms with E-state index in [0.717, 1.165) is 38.0 Å². The standard InChI is InChI=1S/C25H32N4O3/c1-3-29(4-2)16-15-26-23(30)20-11-13-22(14-12-20)28-25(32)21-7-5-18(6-8-21)17-27-24(31)19-9-10-19/h5-8,11-14,19H,3-4,9-10,15-17H2,1-2H3,(H,26,30)(H,27,31)(H,28,32). The quantitative estimate of drug-likeness (QED) is 0.505. The van der Waals surface area contributed by atoms with E-state index in [9.17, 15) is 14.4 Å². The van der Waals surface area contributed by atoms with Gasteiger partial charge in [0.25, 0.3) is 11.8 Å². The highest BCUT2D eigenvalue weighted by Gasteiger charge is 2.29. The molecule has 3 N–H and O–H groups in total. The third-order valence-corrected chi connectivity index (χ3v) is 5.64. The molecule has 1 saturated carbocycles. The van der Waals surface area contributed by atoms with Crippen molar-refractivity contribution in [2.45, 2.75) is 33.2 Å². The molecule has 0 radical (unpaired) electrons. The van der Waals surface area contributed by atoms with Crippen LogP contribution in [0.4, 0.5) is 5.69 Å². The predicted molar refractivity (Wildman–Crippen MR) is 126 cm³/mol. The van der Waals surface area contributed by atoms with Gasteiger partial charge in [0.1, 0.15) is 0 Å². The molecule has 7 heteroatoms. The fraction of sp³-hybridized carbons (Fsp3) is 0.400. The number of likely N-dealkylation sites (N-methyl/N-ethyl adjacent to an activating group) is 1. The highest BCUT2D eigenvalue weighted by Crippen LogP contribution is 2.28. The molecule has 0 heterocycles. The molecule has 2 aromatic rings. The van der Waals surface area contributed by atoms with Gasteiger partial charge in [0.05, 0.1) is 0 Å². The first kappa shape index (κ1) is 23.5. The molecule has 0 saturated heterocycles. The summed E-state index contributed by atoms with van der Waals surface area (Å²) in [5.74, 6) is -0.0628. The van der Waals surface area contributed by atoms with E-state index in [2.05, 4.69) is 34.7 Å². The van der Waals surface area contributed by atoms with Gasteiger partial charge in [0.2, 0.25) is 5.91 Å². The molecule has 0 bridgehead atoms. The summed E-state index contributed by atoms with van der Waals surface area (Å²) in [7, 11) is 0. The SMILES string of the molecule is CCN(CC)CCNC(=O)c1ccc(NC(=O)c2ccc(CNC(=O)C3CC3)cc2)cc1. The van der Waals surface area contributed by atoms with Crippen molar-refractivity contribution in [3.63, 3.8) is 0 Å². The van der Waals surface area contributed by atoms with Gasteiger partial charge in [0.15, 0.2) is 0 Å². The second-order valence-electron chi connectivity index (χ2n) is 8.00. The maximum absolute atomic E-state index is 12.5. The minimum atomic E-state index is -0.227. The summed E-state index contributed by atoms with van der Waals surface area (Å²) in [5, 5.41) is 8.68. The lowest BCUT2D eigenvalue weighted by Crippen LogP contribution is -2.34. The van der Waals surface area contributed by atoms with Crippen molar-refractivity contribution < 1.29 is 14.4 Å². The Morgan fingerprint density at radius 3 is 2.03 bits per heavy atom. The molecule has 0 spiro atoms. The topological polar surface area (TPSA) is 90.5 Å². The van der Waals surface area contributed by atoms with Gasteiger partial charge in [-0.15, -0.1) is 0 Å². The highest BCUT2D eigenvalue weighted by atomic mass is 16.2. The third kappa shape index (κ3) is 6.92. The zero-order chi connectivity index (χ0) is 22.9. The van der Waals surface area contributed by atoms with Crippen LogP contribution in [0.25, 0.3) is 0 Å². The van der Waals surface area contributed by atoms with Crippen LogP contribution in [-0.2, 0) is 11.3 Å². The van der Waals surface area contributed by atoms with Crippen LogP contribution in [0, 0.1) is 5.92 Å². The van der Waals surface area contributed by atoms with Crippen LogP contribution in [0.5, 0.6) is 0 Å². The summed E-state index contributed by atoms with van der Waals surface area (Å²) >= 11 is 0. The van der Waals surface area contributed by atoms with Crippen molar-refractivity contribution >= 4 is 23.4 Å². The molecule has 1 aliphatic rings. The summed E-state index contributed by atoms with van der Waals surface area (Å²) in [4.78, 5) is 38.8. The van der Waals surface area contributed by atoms with Crippen LogP contribution in [0.3, 0.4) is 0 Å². The average molecular weight is 437 g/mol. The average Bonchev–Trinajstić information content (AvgIpc) is 3.66. The normalized spacial score (nSPS) is 13.0. The molecule has 0 aromatic heterocycles. The molecule has 0 atom stereocenters. The Morgan fingerprint density at radius 2 is 1.44 bits per heavy atom. The first-order chi connectivity index (χ1) is 15.5. The number of nitrogens with one attached hydrogen (secondary N) is 3. The zero-order valence-corrected chi connectivity index (χ0v) is 18.8. The number of hydrogen-bond donors (Lipinski definition) is 3. The fourth-order valence-electron chi connectivity index (χ4n) is 3.33. The summed E-state index contributed by atoms with van der Waals surface area (Å²) in [6, 6.07) is 14.0. The Hall–Kier alpha value is -3.19. The van der Waals surface area contributed by atoms with E-state index in [4.69, 9.17) is 0 Å². The Bertz CT molecular complexity index is 917. The maximum atomic E-state index is 12.5. The summed E-state index contributed by atoms with van der Waals surface area (Å²) in [5.41, 5.74) is 2.66. The number of hydrogen-bond acceptors (Lipinski definition) is 4. The largest absolute Gasteiger partial charge is 0.352 e. The van der Waals surface area contributed by atoms with Gasteiger partial charge < -0.3 is 20.9 Å².